The second kappa shape index (κ2) is 12.2. The van der Waals surface area contributed by atoms with Crippen LogP contribution in [0, 0.1) is 5.41 Å². The third-order valence-electron chi connectivity index (χ3n) is 5.85. The zero-order valence-corrected chi connectivity index (χ0v) is 21.3. The lowest BCUT2D eigenvalue weighted by molar-refractivity contribution is -0.159. The first-order chi connectivity index (χ1) is 15.5. The van der Waals surface area contributed by atoms with Crippen molar-refractivity contribution in [1.29, 1.82) is 0 Å². The van der Waals surface area contributed by atoms with E-state index in [0.29, 0.717) is 17.8 Å². The van der Waals surface area contributed by atoms with Crippen LogP contribution in [0.1, 0.15) is 77.5 Å². The normalized spacial score (nSPS) is 12.9. The molecule has 1 N–H and O–H groups in total. The fourth-order valence-electron chi connectivity index (χ4n) is 4.04. The Kier molecular flexibility index (Phi) is 9.93. The Labute approximate surface area is 199 Å². The maximum absolute atomic E-state index is 12.2. The van der Waals surface area contributed by atoms with Gasteiger partial charge >= 0.3 is 5.97 Å². The van der Waals surface area contributed by atoms with Gasteiger partial charge in [0.15, 0.2) is 0 Å². The van der Waals surface area contributed by atoms with Crippen LogP contribution in [-0.4, -0.2) is 41.4 Å². The molecule has 0 radical (unpaired) electrons. The molecule has 182 valence electrons. The van der Waals surface area contributed by atoms with Crippen LogP contribution in [0.2, 0.25) is 0 Å². The summed E-state index contributed by atoms with van der Waals surface area (Å²) in [6.45, 7) is 15.1. The van der Waals surface area contributed by atoms with E-state index >= 15 is 0 Å². The van der Waals surface area contributed by atoms with Gasteiger partial charge in [0.05, 0.1) is 12.0 Å². The second-order valence-corrected chi connectivity index (χ2v) is 10.2. The van der Waals surface area contributed by atoms with Crippen molar-refractivity contribution in [3.8, 4) is 5.75 Å². The molecule has 0 spiro atoms. The van der Waals surface area contributed by atoms with E-state index in [1.807, 2.05) is 57.2 Å². The molecule has 0 fully saturated rings. The van der Waals surface area contributed by atoms with Gasteiger partial charge in [0.1, 0.15) is 5.75 Å². The molecule has 5 heteroatoms. The minimum absolute atomic E-state index is 0.0437. The molecule has 0 aliphatic heterocycles. The summed E-state index contributed by atoms with van der Waals surface area (Å²) in [5, 5.41) is 9.79. The zero-order chi connectivity index (χ0) is 24.6. The van der Waals surface area contributed by atoms with Crippen LogP contribution in [0.3, 0.4) is 0 Å². The highest BCUT2D eigenvalue weighted by atomic mass is 16.7. The highest BCUT2D eigenvalue weighted by Crippen LogP contribution is 2.36. The molecule has 2 aromatic rings. The Bertz CT molecular complexity index is 863. The van der Waals surface area contributed by atoms with Gasteiger partial charge in [0.2, 0.25) is 6.79 Å². The summed E-state index contributed by atoms with van der Waals surface area (Å²) in [4.78, 5) is 14.6. The number of nitrogens with zero attached hydrogens (tertiary/aromatic N) is 1. The van der Waals surface area contributed by atoms with Crippen molar-refractivity contribution in [3.63, 3.8) is 0 Å². The van der Waals surface area contributed by atoms with E-state index in [1.54, 1.807) is 0 Å². The van der Waals surface area contributed by atoms with Gasteiger partial charge in [-0.05, 0) is 84.7 Å². The average molecular weight is 456 g/mol. The van der Waals surface area contributed by atoms with Crippen LogP contribution < -0.4 is 4.74 Å². The van der Waals surface area contributed by atoms with Gasteiger partial charge in [-0.3, -0.25) is 9.69 Å². The Morgan fingerprint density at radius 1 is 1.00 bits per heavy atom. The maximum atomic E-state index is 12.2. The first-order valence-electron chi connectivity index (χ1n) is 11.9. The van der Waals surface area contributed by atoms with Crippen LogP contribution in [0.4, 0.5) is 0 Å². The van der Waals surface area contributed by atoms with Crippen molar-refractivity contribution in [2.45, 2.75) is 79.5 Å². The Hall–Kier alpha value is -2.37. The fraction of sp³-hybridized carbons (Fsp3) is 0.536. The summed E-state index contributed by atoms with van der Waals surface area (Å²) in [5.74, 6) is 0.439. The Morgan fingerprint density at radius 3 is 2.18 bits per heavy atom. The minimum Gasteiger partial charge on any atom is -0.457 e. The largest absolute Gasteiger partial charge is 0.457 e. The number of aliphatic hydroxyl groups excluding tert-OH is 1. The molecule has 2 rings (SSSR count). The number of carbonyl (C=O) groups excluding carboxylic acids is 1. The fourth-order valence-corrected chi connectivity index (χ4v) is 4.04. The van der Waals surface area contributed by atoms with Gasteiger partial charge in [-0.15, -0.1) is 0 Å². The molecular formula is C28H41NO4. The molecule has 0 saturated heterocycles. The van der Waals surface area contributed by atoms with E-state index < -0.39 is 5.41 Å². The Morgan fingerprint density at radius 2 is 1.64 bits per heavy atom. The Balaban J connectivity index is 2.36. The molecule has 0 aliphatic rings. The summed E-state index contributed by atoms with van der Waals surface area (Å²) >= 11 is 0. The number of rotatable bonds is 11. The SMILES string of the molecule is CC(C)N(CC[C@H](c1ccccc1)c1cc(CO)ccc1OCOC(=O)C(C)(C)C)C(C)C. The standard InChI is InChI=1S/C28H41NO4/c1-20(2)29(21(3)4)16-15-24(23-11-9-8-10-12-23)25-17-22(18-30)13-14-26(25)32-19-33-27(31)28(5,6)7/h8-14,17,20-21,24,30H,15-16,18-19H2,1-7H3/t24-/m1/s1. The molecule has 0 aromatic heterocycles. The van der Waals surface area contributed by atoms with E-state index in [0.717, 1.165) is 24.1 Å². The van der Waals surface area contributed by atoms with Gasteiger partial charge in [0.25, 0.3) is 0 Å². The molecule has 33 heavy (non-hydrogen) atoms. The third kappa shape index (κ3) is 7.86. The predicted molar refractivity (Wildman–Crippen MR) is 133 cm³/mol. The number of esters is 1. The molecule has 0 heterocycles. The molecule has 0 unspecified atom stereocenters. The maximum Gasteiger partial charge on any atom is 0.314 e. The summed E-state index contributed by atoms with van der Waals surface area (Å²) in [5.41, 5.74) is 2.43. The van der Waals surface area contributed by atoms with Crippen LogP contribution in [0.15, 0.2) is 48.5 Å². The smallest absolute Gasteiger partial charge is 0.314 e. The van der Waals surface area contributed by atoms with Crippen LogP contribution in [0.5, 0.6) is 5.75 Å². The number of aliphatic hydroxyl groups is 1. The van der Waals surface area contributed by atoms with Gasteiger partial charge in [-0.2, -0.15) is 0 Å². The summed E-state index contributed by atoms with van der Waals surface area (Å²) in [6, 6.07) is 17.0. The molecule has 0 saturated carbocycles. The summed E-state index contributed by atoms with van der Waals surface area (Å²) < 4.78 is 11.3. The third-order valence-corrected chi connectivity index (χ3v) is 5.85. The molecule has 0 bridgehead atoms. The summed E-state index contributed by atoms with van der Waals surface area (Å²) in [7, 11) is 0. The average Bonchev–Trinajstić information content (AvgIpc) is 2.76. The van der Waals surface area contributed by atoms with Crippen LogP contribution in [0.25, 0.3) is 0 Å². The van der Waals surface area contributed by atoms with Gasteiger partial charge in [-0.25, -0.2) is 0 Å². The van der Waals surface area contributed by atoms with Crippen LogP contribution >= 0.6 is 0 Å². The number of ether oxygens (including phenoxy) is 2. The molecule has 0 aliphatic carbocycles. The second-order valence-electron chi connectivity index (χ2n) is 10.2. The van der Waals surface area contributed by atoms with Crippen molar-refractivity contribution < 1.29 is 19.4 Å². The lowest BCUT2D eigenvalue weighted by Gasteiger charge is -2.32. The van der Waals surface area contributed by atoms with E-state index in [-0.39, 0.29) is 25.3 Å². The topological polar surface area (TPSA) is 59.0 Å². The van der Waals surface area contributed by atoms with Gasteiger partial charge in [0, 0.05) is 23.6 Å². The highest BCUT2D eigenvalue weighted by molar-refractivity contribution is 5.75. The first-order valence-corrected chi connectivity index (χ1v) is 11.9. The minimum atomic E-state index is -0.587. The highest BCUT2D eigenvalue weighted by Gasteiger charge is 2.25. The number of hydrogen-bond donors (Lipinski definition) is 1. The molecule has 0 amide bonds. The van der Waals surface area contributed by atoms with E-state index in [2.05, 4.69) is 44.7 Å². The van der Waals surface area contributed by atoms with Gasteiger partial charge in [-0.1, -0.05) is 36.4 Å². The number of benzene rings is 2. The zero-order valence-electron chi connectivity index (χ0n) is 21.3. The first kappa shape index (κ1) is 26.9. The molecule has 2 aromatic carbocycles. The lowest BCUT2D eigenvalue weighted by Crippen LogP contribution is -2.38. The van der Waals surface area contributed by atoms with Crippen molar-refractivity contribution in [2.75, 3.05) is 13.3 Å². The van der Waals surface area contributed by atoms with Crippen molar-refractivity contribution in [2.24, 2.45) is 5.41 Å². The summed E-state index contributed by atoms with van der Waals surface area (Å²) in [6.07, 6.45) is 0.896. The van der Waals surface area contributed by atoms with E-state index in [1.165, 1.54) is 5.56 Å². The van der Waals surface area contributed by atoms with Crippen molar-refractivity contribution in [3.05, 3.63) is 65.2 Å². The van der Waals surface area contributed by atoms with Crippen molar-refractivity contribution >= 4 is 5.97 Å². The van der Waals surface area contributed by atoms with Crippen LogP contribution in [-0.2, 0) is 16.1 Å². The monoisotopic (exact) mass is 455 g/mol. The quantitative estimate of drug-likeness (QED) is 0.346. The molecule has 1 atom stereocenters. The number of hydrogen-bond acceptors (Lipinski definition) is 5. The molecule has 5 nitrogen and oxygen atoms in total. The van der Waals surface area contributed by atoms with Gasteiger partial charge < -0.3 is 14.6 Å². The molecular weight excluding hydrogens is 414 g/mol. The van der Waals surface area contributed by atoms with E-state index in [9.17, 15) is 9.90 Å². The van der Waals surface area contributed by atoms with Crippen molar-refractivity contribution in [1.82, 2.24) is 4.90 Å². The lowest BCUT2D eigenvalue weighted by atomic mass is 9.86. The van der Waals surface area contributed by atoms with E-state index in [4.69, 9.17) is 9.47 Å². The predicted octanol–water partition coefficient (Wildman–Crippen LogP) is 5.75. The number of carbonyl (C=O) groups is 1.